The zero-order valence-corrected chi connectivity index (χ0v) is 40.9. The van der Waals surface area contributed by atoms with Gasteiger partial charge in [-0.2, -0.15) is 0 Å². The van der Waals surface area contributed by atoms with E-state index in [4.69, 9.17) is 0 Å². The Morgan fingerprint density at radius 1 is 0.343 bits per heavy atom. The van der Waals surface area contributed by atoms with Crippen LogP contribution in [-0.2, 0) is 51.4 Å². The van der Waals surface area contributed by atoms with Crippen LogP contribution in [0.5, 0.6) is 0 Å². The van der Waals surface area contributed by atoms with Crippen molar-refractivity contribution in [3.8, 4) is 0 Å². The zero-order chi connectivity index (χ0) is 45.5. The van der Waals surface area contributed by atoms with Crippen molar-refractivity contribution in [1.82, 2.24) is 0 Å². The van der Waals surface area contributed by atoms with Gasteiger partial charge in [0.2, 0.25) is 0 Å². The first-order valence-corrected chi connectivity index (χ1v) is 26.1. The zero-order valence-electron chi connectivity index (χ0n) is 40.9. The van der Waals surface area contributed by atoms with Crippen LogP contribution in [0.15, 0.2) is 127 Å². The number of aryl methyl sites for hydroxylation is 4. The van der Waals surface area contributed by atoms with Crippen LogP contribution in [0.3, 0.4) is 0 Å². The maximum Gasteiger partial charge on any atom is 0.0546 e. The summed E-state index contributed by atoms with van der Waals surface area (Å²) in [5.41, 5.74) is 21.1. The first-order chi connectivity index (χ1) is 32.6. The molecule has 4 unspecified atom stereocenters. The van der Waals surface area contributed by atoms with Gasteiger partial charge in [-0.3, -0.25) is 0 Å². The maximum atomic E-state index is 2.64. The average Bonchev–Trinajstić information content (AvgIpc) is 3.34. The Kier molecular flexibility index (Phi) is 10.8. The van der Waals surface area contributed by atoms with Gasteiger partial charge in [-0.15, -0.1) is 0 Å². The Bertz CT molecular complexity index is 3100. The van der Waals surface area contributed by atoms with Gasteiger partial charge in [0.15, 0.2) is 0 Å². The van der Waals surface area contributed by atoms with Gasteiger partial charge in [-0.25, -0.2) is 0 Å². The molecule has 2 heteroatoms. The number of fused-ring (bicyclic) bond motifs is 9. The Balaban J connectivity index is 1.12. The summed E-state index contributed by atoms with van der Waals surface area (Å²) in [7, 11) is 0. The molecular weight excluding hydrogens is 809 g/mol. The van der Waals surface area contributed by atoms with Crippen LogP contribution < -0.4 is 9.80 Å². The molecule has 2 nitrogen and oxygen atoms in total. The molecule has 0 heterocycles. The lowest BCUT2D eigenvalue weighted by Gasteiger charge is -2.32. The van der Waals surface area contributed by atoms with E-state index in [0.717, 1.165) is 49.4 Å². The van der Waals surface area contributed by atoms with Crippen LogP contribution in [0.1, 0.15) is 123 Å². The maximum absolute atomic E-state index is 2.64. The molecule has 0 saturated heterocycles. The highest BCUT2D eigenvalue weighted by Crippen LogP contribution is 2.50. The van der Waals surface area contributed by atoms with Crippen LogP contribution in [-0.4, -0.2) is 0 Å². The van der Waals surface area contributed by atoms with Gasteiger partial charge < -0.3 is 9.80 Å². The molecule has 338 valence electrons. The number of hydrogen-bond donors (Lipinski definition) is 0. The molecule has 0 aliphatic heterocycles. The van der Waals surface area contributed by atoms with Crippen molar-refractivity contribution < 1.29 is 0 Å². The minimum Gasteiger partial charge on any atom is -0.310 e. The van der Waals surface area contributed by atoms with Gasteiger partial charge in [0.05, 0.1) is 11.4 Å². The lowest BCUT2D eigenvalue weighted by molar-refractivity contribution is 0.501. The van der Waals surface area contributed by atoms with Crippen molar-refractivity contribution in [1.29, 1.82) is 0 Å². The van der Waals surface area contributed by atoms with E-state index in [9.17, 15) is 0 Å². The second kappa shape index (κ2) is 17.0. The standard InChI is InChI=1S/C65H68N2/c1-40(2)45-23-28-59-62-38-64(66(54-24-19-46-29-41(3)11-15-50(46)33-54)55-25-20-47-30-42(4)12-16-51(47)34-55)60-10-8-7-9-58(60)61(62)39-65(63(59)37-45)67(56-26-21-48-31-43(5)13-17-52(48)35-56)57-27-22-49-32-44(6)14-18-53(49)36-57/h7-10,19-28,33-44H,11-18,29-32H2,1-6H3. The number of anilines is 6. The van der Waals surface area contributed by atoms with E-state index in [0.29, 0.717) is 5.92 Å². The molecule has 0 radical (unpaired) electrons. The van der Waals surface area contributed by atoms with Gasteiger partial charge in [-0.05, 0) is 245 Å². The summed E-state index contributed by atoms with van der Waals surface area (Å²) < 4.78 is 0. The predicted octanol–water partition coefficient (Wildman–Crippen LogP) is 17.7. The van der Waals surface area contributed by atoms with Crippen molar-refractivity contribution in [3.05, 3.63) is 177 Å². The number of nitrogens with zero attached hydrogens (tertiary/aromatic N) is 2. The molecule has 0 N–H and O–H groups in total. The summed E-state index contributed by atoms with van der Waals surface area (Å²) in [6.45, 7) is 14.4. The second-order valence-electron chi connectivity index (χ2n) is 22.3. The Morgan fingerprint density at radius 3 is 1.09 bits per heavy atom. The number of rotatable bonds is 7. The highest BCUT2D eigenvalue weighted by Gasteiger charge is 2.27. The van der Waals surface area contributed by atoms with Gasteiger partial charge in [0.25, 0.3) is 0 Å². The summed E-state index contributed by atoms with van der Waals surface area (Å²) in [6.07, 6.45) is 14.3. The minimum absolute atomic E-state index is 0.402. The summed E-state index contributed by atoms with van der Waals surface area (Å²) in [5.74, 6) is 3.34. The Labute approximate surface area is 400 Å². The predicted molar refractivity (Wildman–Crippen MR) is 287 cm³/mol. The third kappa shape index (κ3) is 7.73. The van der Waals surface area contributed by atoms with Gasteiger partial charge in [0.1, 0.15) is 0 Å². The van der Waals surface area contributed by atoms with Crippen LogP contribution in [0.4, 0.5) is 34.1 Å². The normalized spacial score (nSPS) is 20.1. The fourth-order valence-corrected chi connectivity index (χ4v) is 12.8. The first-order valence-electron chi connectivity index (χ1n) is 26.1. The van der Waals surface area contributed by atoms with E-state index in [1.165, 1.54) is 168 Å². The second-order valence-corrected chi connectivity index (χ2v) is 22.3. The lowest BCUT2D eigenvalue weighted by Crippen LogP contribution is -2.17. The molecule has 8 aromatic rings. The van der Waals surface area contributed by atoms with Crippen molar-refractivity contribution in [3.63, 3.8) is 0 Å². The summed E-state index contributed by atoms with van der Waals surface area (Å²) in [4.78, 5) is 5.26. The topological polar surface area (TPSA) is 6.48 Å². The molecule has 0 aromatic heterocycles. The largest absolute Gasteiger partial charge is 0.310 e. The average molecular weight is 877 g/mol. The SMILES string of the molecule is CC1CCc2cc(N(c3ccc4c(c3)CCC(C)C4)c3cc4c5ccc(C(C)C)cc5c(N(c5ccc6c(c5)CCC(C)C6)c5ccc6c(c5)CCC(C)C6)cc4c4ccccc34)ccc2C1. The van der Waals surface area contributed by atoms with E-state index in [2.05, 4.69) is 179 Å². The lowest BCUT2D eigenvalue weighted by atomic mass is 9.84. The summed E-state index contributed by atoms with van der Waals surface area (Å²) in [6, 6.07) is 51.5. The molecule has 0 bridgehead atoms. The van der Waals surface area contributed by atoms with Crippen LogP contribution in [0.2, 0.25) is 0 Å². The smallest absolute Gasteiger partial charge is 0.0546 e. The number of hydrogen-bond acceptors (Lipinski definition) is 2. The quantitative estimate of drug-likeness (QED) is 0.147. The summed E-state index contributed by atoms with van der Waals surface area (Å²) in [5, 5.41) is 7.83. The fraction of sp³-hybridized carbons (Fsp3) is 0.354. The molecule has 8 aromatic carbocycles. The Hall–Kier alpha value is -5.86. The molecule has 0 fully saturated rings. The van der Waals surface area contributed by atoms with Gasteiger partial charge in [0, 0.05) is 33.5 Å². The van der Waals surface area contributed by atoms with Gasteiger partial charge >= 0.3 is 0 Å². The third-order valence-electron chi connectivity index (χ3n) is 16.8. The van der Waals surface area contributed by atoms with Crippen molar-refractivity contribution in [2.45, 2.75) is 125 Å². The highest BCUT2D eigenvalue weighted by atomic mass is 15.2. The molecular formula is C65H68N2. The molecule has 12 rings (SSSR count). The molecule has 4 aliphatic carbocycles. The molecule has 0 saturated carbocycles. The van der Waals surface area contributed by atoms with Crippen molar-refractivity contribution in [2.24, 2.45) is 23.7 Å². The molecule has 67 heavy (non-hydrogen) atoms. The van der Waals surface area contributed by atoms with E-state index in [1.54, 1.807) is 0 Å². The number of benzene rings is 8. The van der Waals surface area contributed by atoms with E-state index >= 15 is 0 Å². The Morgan fingerprint density at radius 2 is 0.701 bits per heavy atom. The fourth-order valence-electron chi connectivity index (χ4n) is 12.8. The van der Waals surface area contributed by atoms with Gasteiger partial charge in [-0.1, -0.05) is 102 Å². The highest BCUT2D eigenvalue weighted by molar-refractivity contribution is 6.24. The monoisotopic (exact) mass is 877 g/mol. The van der Waals surface area contributed by atoms with Crippen LogP contribution >= 0.6 is 0 Å². The van der Waals surface area contributed by atoms with E-state index in [-0.39, 0.29) is 0 Å². The van der Waals surface area contributed by atoms with Crippen molar-refractivity contribution in [2.75, 3.05) is 9.80 Å². The molecule has 0 amide bonds. The van der Waals surface area contributed by atoms with Crippen LogP contribution in [0, 0.1) is 23.7 Å². The first kappa shape index (κ1) is 42.5. The minimum atomic E-state index is 0.402. The van der Waals surface area contributed by atoms with Crippen LogP contribution in [0.25, 0.3) is 32.3 Å². The molecule has 4 atom stereocenters. The third-order valence-corrected chi connectivity index (χ3v) is 16.8. The molecule has 0 spiro atoms. The van der Waals surface area contributed by atoms with E-state index in [1.807, 2.05) is 0 Å². The molecule has 4 aliphatic rings. The van der Waals surface area contributed by atoms with E-state index < -0.39 is 0 Å². The van der Waals surface area contributed by atoms with Crippen molar-refractivity contribution >= 4 is 66.4 Å². The summed E-state index contributed by atoms with van der Waals surface area (Å²) >= 11 is 0.